The quantitative estimate of drug-likeness (QED) is 0.175. The lowest BCUT2D eigenvalue weighted by Crippen LogP contribution is -2.53. The number of carboxylic acid groups (broad SMARTS) is 1. The summed E-state index contributed by atoms with van der Waals surface area (Å²) in [5.41, 5.74) is 0. The van der Waals surface area contributed by atoms with Crippen LogP contribution in [0.5, 0.6) is 0 Å². The van der Waals surface area contributed by atoms with Gasteiger partial charge in [-0.25, -0.2) is 0 Å². The molecule has 4 amide bonds. The van der Waals surface area contributed by atoms with Crippen LogP contribution in [0, 0.1) is 5.92 Å². The van der Waals surface area contributed by atoms with Gasteiger partial charge in [0.15, 0.2) is 5.82 Å². The van der Waals surface area contributed by atoms with Gasteiger partial charge in [-0.05, 0) is 5.92 Å². The van der Waals surface area contributed by atoms with Crippen molar-refractivity contribution in [2.75, 3.05) is 13.1 Å². The van der Waals surface area contributed by atoms with Gasteiger partial charge in [0.2, 0.25) is 23.6 Å². The van der Waals surface area contributed by atoms with Crippen LogP contribution in [0.1, 0.15) is 52.3 Å². The molecule has 204 valence electrons. The predicted molar refractivity (Wildman–Crippen MR) is 123 cm³/mol. The molecule has 0 aromatic carbocycles. The molecule has 1 aliphatic rings. The molecule has 0 bridgehead atoms. The number of aliphatic carboxylic acids is 1. The normalized spacial score (nSPS) is 18.4. The molecule has 4 atom stereocenters. The fourth-order valence-corrected chi connectivity index (χ4v) is 3.73. The minimum Gasteiger partial charge on any atom is -0.481 e. The van der Waals surface area contributed by atoms with Gasteiger partial charge in [-0.2, -0.15) is 5.21 Å². The lowest BCUT2D eigenvalue weighted by atomic mass is 9.98. The van der Waals surface area contributed by atoms with Crippen LogP contribution >= 0.6 is 0 Å². The zero-order chi connectivity index (χ0) is 27.5. The lowest BCUT2D eigenvalue weighted by molar-refractivity contribution is -0.146. The number of hydrogen-bond donors (Lipinski definition) is 5. The van der Waals surface area contributed by atoms with E-state index < -0.39 is 60.3 Å². The van der Waals surface area contributed by atoms with E-state index >= 15 is 0 Å². The van der Waals surface area contributed by atoms with E-state index in [1.54, 1.807) is 6.92 Å². The number of carboxylic acids is 1. The van der Waals surface area contributed by atoms with E-state index in [1.807, 2.05) is 6.92 Å². The third-order valence-corrected chi connectivity index (χ3v) is 5.82. The first-order valence-electron chi connectivity index (χ1n) is 11.8. The highest BCUT2D eigenvalue weighted by atomic mass is 16.5. The number of ether oxygens (including phenoxy) is 1. The van der Waals surface area contributed by atoms with Gasteiger partial charge in [0.05, 0.1) is 26.1 Å². The maximum Gasteiger partial charge on any atom is 0.303 e. The maximum atomic E-state index is 13.0. The molecule has 16 heteroatoms. The number of nitrogens with one attached hydrogen (secondary N) is 4. The number of tetrazole rings is 1. The van der Waals surface area contributed by atoms with Gasteiger partial charge in [-0.3, -0.25) is 28.8 Å². The number of aromatic nitrogens is 4. The summed E-state index contributed by atoms with van der Waals surface area (Å²) < 4.78 is 5.19. The second kappa shape index (κ2) is 13.8. The Labute approximate surface area is 212 Å². The Bertz CT molecular complexity index is 985. The summed E-state index contributed by atoms with van der Waals surface area (Å²) in [6, 6.07) is -1.96. The van der Waals surface area contributed by atoms with Crippen molar-refractivity contribution in [2.24, 2.45) is 5.92 Å². The number of H-pyrrole nitrogens is 1. The summed E-state index contributed by atoms with van der Waals surface area (Å²) in [6.45, 7) is 4.21. The van der Waals surface area contributed by atoms with Crippen LogP contribution < -0.4 is 16.0 Å². The first-order valence-corrected chi connectivity index (χ1v) is 11.8. The van der Waals surface area contributed by atoms with Crippen LogP contribution in [0.15, 0.2) is 0 Å². The van der Waals surface area contributed by atoms with Crippen molar-refractivity contribution in [3.63, 3.8) is 0 Å². The van der Waals surface area contributed by atoms with Gasteiger partial charge < -0.3 is 30.7 Å². The Morgan fingerprint density at radius 3 is 2.51 bits per heavy atom. The molecule has 1 aromatic heterocycles. The SMILES string of the molecule is CC[C@H](C)[C@H](NC(=O)CCC(=O)O)C(=O)NCC(=O)N1C[C@H](OC(C)=O)CC1C(=O)NCc1nn[nH]n1. The monoisotopic (exact) mass is 524 g/mol. The molecule has 2 heterocycles. The van der Waals surface area contributed by atoms with Gasteiger partial charge in [0.25, 0.3) is 0 Å². The summed E-state index contributed by atoms with van der Waals surface area (Å²) in [6.07, 6.45) is -0.787. The molecule has 1 aliphatic heterocycles. The van der Waals surface area contributed by atoms with Crippen LogP contribution in [-0.4, -0.2) is 97.5 Å². The van der Waals surface area contributed by atoms with Crippen LogP contribution in [0.4, 0.5) is 0 Å². The average molecular weight is 525 g/mol. The number of nitrogens with zero attached hydrogens (tertiary/aromatic N) is 4. The standard InChI is InChI=1S/C21H32N8O8/c1-4-11(2)19(24-16(31)5-6-18(33)34)21(36)23-9-17(32)29-10-13(37-12(3)30)7-14(29)20(35)22-8-15-25-27-28-26-15/h11,13-14,19H,4-10H2,1-3H3,(H,22,35)(H,23,36)(H,24,31)(H,33,34)(H,25,26,27,28)/t11-,13+,14?,19-/m0/s1. The summed E-state index contributed by atoms with van der Waals surface area (Å²) >= 11 is 0. The molecular formula is C21H32N8O8. The maximum absolute atomic E-state index is 13.0. The number of hydrogen-bond acceptors (Lipinski definition) is 10. The minimum atomic E-state index is -1.14. The van der Waals surface area contributed by atoms with Crippen molar-refractivity contribution in [1.82, 2.24) is 41.5 Å². The Morgan fingerprint density at radius 1 is 1.19 bits per heavy atom. The van der Waals surface area contributed by atoms with Gasteiger partial charge in [-0.1, -0.05) is 25.5 Å². The number of esters is 1. The smallest absolute Gasteiger partial charge is 0.303 e. The summed E-state index contributed by atoms with van der Waals surface area (Å²) in [4.78, 5) is 74.0. The van der Waals surface area contributed by atoms with Crippen LogP contribution in [0.3, 0.4) is 0 Å². The van der Waals surface area contributed by atoms with E-state index in [0.717, 1.165) is 0 Å². The molecule has 5 N–H and O–H groups in total. The second-order valence-electron chi connectivity index (χ2n) is 8.62. The molecule has 1 fully saturated rings. The molecule has 0 aliphatic carbocycles. The number of rotatable bonds is 13. The number of amides is 4. The molecule has 0 radical (unpaired) electrons. The molecule has 37 heavy (non-hydrogen) atoms. The molecular weight excluding hydrogens is 492 g/mol. The fourth-order valence-electron chi connectivity index (χ4n) is 3.73. The Morgan fingerprint density at radius 2 is 1.92 bits per heavy atom. The van der Waals surface area contributed by atoms with Crippen LogP contribution in [0.25, 0.3) is 0 Å². The minimum absolute atomic E-state index is 0.0407. The average Bonchev–Trinajstić information content (AvgIpc) is 3.52. The van der Waals surface area contributed by atoms with Crippen molar-refractivity contribution in [2.45, 2.75) is 71.2 Å². The highest BCUT2D eigenvalue weighted by Gasteiger charge is 2.41. The van der Waals surface area contributed by atoms with E-state index in [-0.39, 0.29) is 44.1 Å². The first kappa shape index (κ1) is 29.1. The molecule has 2 rings (SSSR count). The number of aromatic amines is 1. The number of carbonyl (C=O) groups excluding carboxylic acids is 5. The highest BCUT2D eigenvalue weighted by Crippen LogP contribution is 2.21. The molecule has 0 spiro atoms. The van der Waals surface area contributed by atoms with E-state index in [9.17, 15) is 28.8 Å². The Balaban J connectivity index is 2.02. The van der Waals surface area contributed by atoms with Gasteiger partial charge in [0, 0.05) is 19.8 Å². The molecule has 0 saturated carbocycles. The van der Waals surface area contributed by atoms with E-state index in [1.165, 1.54) is 11.8 Å². The van der Waals surface area contributed by atoms with Crippen molar-refractivity contribution in [3.05, 3.63) is 5.82 Å². The lowest BCUT2D eigenvalue weighted by Gasteiger charge is -2.26. The van der Waals surface area contributed by atoms with Crippen molar-refractivity contribution >= 4 is 35.6 Å². The van der Waals surface area contributed by atoms with E-state index in [4.69, 9.17) is 9.84 Å². The summed E-state index contributed by atoms with van der Waals surface area (Å²) in [5.74, 6) is -4.11. The fraction of sp³-hybridized carbons (Fsp3) is 0.667. The Hall–Kier alpha value is -4.11. The van der Waals surface area contributed by atoms with Crippen molar-refractivity contribution in [1.29, 1.82) is 0 Å². The first-order chi connectivity index (χ1) is 17.5. The third-order valence-electron chi connectivity index (χ3n) is 5.82. The van der Waals surface area contributed by atoms with Crippen LogP contribution in [-0.2, 0) is 40.0 Å². The van der Waals surface area contributed by atoms with Gasteiger partial charge >= 0.3 is 11.9 Å². The van der Waals surface area contributed by atoms with Crippen LogP contribution in [0.2, 0.25) is 0 Å². The number of likely N-dealkylation sites (tertiary alicyclic amines) is 1. The van der Waals surface area contributed by atoms with Crippen molar-refractivity contribution in [3.8, 4) is 0 Å². The molecule has 16 nitrogen and oxygen atoms in total. The molecule has 1 aromatic rings. The zero-order valence-corrected chi connectivity index (χ0v) is 20.9. The molecule has 1 saturated heterocycles. The van der Waals surface area contributed by atoms with E-state index in [0.29, 0.717) is 6.42 Å². The largest absolute Gasteiger partial charge is 0.481 e. The number of carbonyl (C=O) groups is 6. The van der Waals surface area contributed by atoms with Gasteiger partial charge in [-0.15, -0.1) is 10.2 Å². The Kier molecular flexibility index (Phi) is 10.9. The molecule has 1 unspecified atom stereocenters. The highest BCUT2D eigenvalue weighted by molar-refractivity contribution is 5.93. The topological polar surface area (TPSA) is 226 Å². The van der Waals surface area contributed by atoms with Crippen molar-refractivity contribution < 1.29 is 38.6 Å². The van der Waals surface area contributed by atoms with E-state index in [2.05, 4.69) is 36.6 Å². The second-order valence-corrected chi connectivity index (χ2v) is 8.62. The predicted octanol–water partition coefficient (Wildman–Crippen LogP) is -2.14. The summed E-state index contributed by atoms with van der Waals surface area (Å²) in [5, 5.41) is 29.5. The third kappa shape index (κ3) is 9.12. The zero-order valence-electron chi connectivity index (χ0n) is 20.9. The summed E-state index contributed by atoms with van der Waals surface area (Å²) in [7, 11) is 0. The van der Waals surface area contributed by atoms with Gasteiger partial charge in [0.1, 0.15) is 18.2 Å².